The Hall–Kier alpha value is -0.870. The molecule has 2 aliphatic rings. The van der Waals surface area contributed by atoms with Crippen LogP contribution >= 0.6 is 11.3 Å². The van der Waals surface area contributed by atoms with Crippen LogP contribution < -0.4 is 10.6 Å². The van der Waals surface area contributed by atoms with Gasteiger partial charge in [0.05, 0.1) is 5.92 Å². The van der Waals surface area contributed by atoms with E-state index in [9.17, 15) is 4.79 Å². The van der Waals surface area contributed by atoms with Gasteiger partial charge in [-0.15, -0.1) is 11.3 Å². The van der Waals surface area contributed by atoms with Crippen LogP contribution in [0.25, 0.3) is 0 Å². The maximum absolute atomic E-state index is 12.5. The Labute approximate surface area is 118 Å². The Morgan fingerprint density at radius 3 is 3.16 bits per heavy atom. The van der Waals surface area contributed by atoms with E-state index in [4.69, 9.17) is 0 Å². The normalized spacial score (nSPS) is 27.4. The molecule has 1 amide bonds. The summed E-state index contributed by atoms with van der Waals surface area (Å²) in [4.78, 5) is 13.9. The van der Waals surface area contributed by atoms with Gasteiger partial charge in [0.2, 0.25) is 5.91 Å². The van der Waals surface area contributed by atoms with Crippen molar-refractivity contribution in [3.8, 4) is 0 Å². The zero-order valence-corrected chi connectivity index (χ0v) is 12.1. The van der Waals surface area contributed by atoms with Crippen LogP contribution in [0, 0.1) is 0 Å². The molecule has 3 rings (SSSR count). The largest absolute Gasteiger partial charge is 0.353 e. The van der Waals surface area contributed by atoms with Gasteiger partial charge in [0.15, 0.2) is 0 Å². The van der Waals surface area contributed by atoms with Crippen molar-refractivity contribution >= 4 is 17.2 Å². The highest BCUT2D eigenvalue weighted by atomic mass is 32.1. The third-order valence-corrected chi connectivity index (χ3v) is 5.29. The molecule has 1 aliphatic heterocycles. The first-order valence-electron chi connectivity index (χ1n) is 7.42. The van der Waals surface area contributed by atoms with E-state index in [1.807, 2.05) is 0 Å². The number of carbonyl (C=O) groups is 1. The Morgan fingerprint density at radius 2 is 2.21 bits per heavy atom. The molecule has 1 fully saturated rings. The third-order valence-electron chi connectivity index (χ3n) is 4.29. The molecule has 1 aromatic rings. The lowest BCUT2D eigenvalue weighted by Gasteiger charge is -2.24. The average Bonchev–Trinajstić information content (AvgIpc) is 2.76. The molecule has 1 aliphatic carbocycles. The standard InChI is InChI=1S/C15H22N2OS/c18-15(17-11-3-2-8-16-9-6-11)13-4-1-5-14-12(13)7-10-19-14/h7,10-11,13,16H,1-6,8-9H2,(H,17,18). The summed E-state index contributed by atoms with van der Waals surface area (Å²) in [5.41, 5.74) is 1.29. The van der Waals surface area contributed by atoms with Crippen molar-refractivity contribution in [1.29, 1.82) is 0 Å². The van der Waals surface area contributed by atoms with Crippen molar-refractivity contribution in [3.63, 3.8) is 0 Å². The second kappa shape index (κ2) is 6.06. The van der Waals surface area contributed by atoms with Crippen molar-refractivity contribution in [2.75, 3.05) is 13.1 Å². The van der Waals surface area contributed by atoms with Crippen LogP contribution in [0.4, 0.5) is 0 Å². The molecule has 0 spiro atoms. The number of amides is 1. The van der Waals surface area contributed by atoms with Gasteiger partial charge in [0, 0.05) is 10.9 Å². The lowest BCUT2D eigenvalue weighted by molar-refractivity contribution is -0.123. The molecule has 0 aromatic carbocycles. The maximum Gasteiger partial charge on any atom is 0.227 e. The number of thiophene rings is 1. The molecule has 0 saturated carbocycles. The second-order valence-corrected chi connectivity index (χ2v) is 6.63. The van der Waals surface area contributed by atoms with Gasteiger partial charge in [0.25, 0.3) is 0 Å². The molecule has 3 nitrogen and oxygen atoms in total. The summed E-state index contributed by atoms with van der Waals surface area (Å²) in [6.45, 7) is 2.11. The summed E-state index contributed by atoms with van der Waals surface area (Å²) in [6, 6.07) is 2.52. The van der Waals surface area contributed by atoms with Crippen LogP contribution in [0.1, 0.15) is 48.5 Å². The van der Waals surface area contributed by atoms with Gasteiger partial charge in [0.1, 0.15) is 0 Å². The predicted octanol–water partition coefficient (Wildman–Crippen LogP) is 2.43. The van der Waals surface area contributed by atoms with Crippen LogP contribution in [-0.2, 0) is 11.2 Å². The molecule has 19 heavy (non-hydrogen) atoms. The van der Waals surface area contributed by atoms with E-state index in [0.717, 1.165) is 45.2 Å². The van der Waals surface area contributed by atoms with E-state index in [1.165, 1.54) is 16.9 Å². The molecule has 0 bridgehead atoms. The zero-order chi connectivity index (χ0) is 13.1. The fourth-order valence-corrected chi connectivity index (χ4v) is 4.21. The summed E-state index contributed by atoms with van der Waals surface area (Å²) in [5.74, 6) is 0.359. The van der Waals surface area contributed by atoms with E-state index in [1.54, 1.807) is 11.3 Å². The number of nitrogens with one attached hydrogen (secondary N) is 2. The Morgan fingerprint density at radius 1 is 1.26 bits per heavy atom. The fraction of sp³-hybridized carbons (Fsp3) is 0.667. The Kier molecular flexibility index (Phi) is 4.18. The number of hydrogen-bond donors (Lipinski definition) is 2. The summed E-state index contributed by atoms with van der Waals surface area (Å²) >= 11 is 1.81. The number of carbonyl (C=O) groups excluding carboxylic acids is 1. The highest BCUT2D eigenvalue weighted by molar-refractivity contribution is 7.10. The summed E-state index contributed by atoms with van der Waals surface area (Å²) in [6.07, 6.45) is 6.67. The number of aryl methyl sites for hydroxylation is 1. The molecule has 104 valence electrons. The molecule has 1 aromatic heterocycles. The maximum atomic E-state index is 12.5. The van der Waals surface area contributed by atoms with Crippen molar-refractivity contribution < 1.29 is 4.79 Å². The Bertz CT molecular complexity index is 435. The van der Waals surface area contributed by atoms with E-state index in [0.29, 0.717) is 6.04 Å². The first kappa shape index (κ1) is 13.1. The van der Waals surface area contributed by atoms with Gasteiger partial charge in [-0.2, -0.15) is 0 Å². The van der Waals surface area contributed by atoms with Crippen LogP contribution in [0.15, 0.2) is 11.4 Å². The van der Waals surface area contributed by atoms with Crippen LogP contribution in [0.3, 0.4) is 0 Å². The molecule has 4 heteroatoms. The van der Waals surface area contributed by atoms with Crippen molar-refractivity contribution in [3.05, 3.63) is 21.9 Å². The van der Waals surface area contributed by atoms with Gasteiger partial charge < -0.3 is 10.6 Å². The topological polar surface area (TPSA) is 41.1 Å². The molecule has 0 radical (unpaired) electrons. The van der Waals surface area contributed by atoms with Gasteiger partial charge in [-0.25, -0.2) is 0 Å². The molecule has 1 saturated heterocycles. The molecular formula is C15H22N2OS. The minimum absolute atomic E-state index is 0.103. The predicted molar refractivity (Wildman–Crippen MR) is 78.6 cm³/mol. The fourth-order valence-electron chi connectivity index (χ4n) is 3.22. The molecule has 2 heterocycles. The van der Waals surface area contributed by atoms with Gasteiger partial charge >= 0.3 is 0 Å². The average molecular weight is 278 g/mol. The van der Waals surface area contributed by atoms with Crippen LogP contribution in [-0.4, -0.2) is 25.0 Å². The lowest BCUT2D eigenvalue weighted by atomic mass is 9.87. The van der Waals surface area contributed by atoms with Crippen molar-refractivity contribution in [2.24, 2.45) is 0 Å². The summed E-state index contributed by atoms with van der Waals surface area (Å²) < 4.78 is 0. The number of hydrogen-bond acceptors (Lipinski definition) is 3. The van der Waals surface area contributed by atoms with E-state index >= 15 is 0 Å². The minimum atomic E-state index is 0.103. The van der Waals surface area contributed by atoms with Gasteiger partial charge in [-0.05, 0) is 68.6 Å². The van der Waals surface area contributed by atoms with E-state index in [2.05, 4.69) is 22.1 Å². The van der Waals surface area contributed by atoms with E-state index < -0.39 is 0 Å². The zero-order valence-electron chi connectivity index (χ0n) is 11.3. The second-order valence-electron chi connectivity index (χ2n) is 5.63. The highest BCUT2D eigenvalue weighted by Gasteiger charge is 2.28. The molecule has 2 atom stereocenters. The molecular weight excluding hydrogens is 256 g/mol. The monoisotopic (exact) mass is 278 g/mol. The first-order valence-corrected chi connectivity index (χ1v) is 8.30. The van der Waals surface area contributed by atoms with E-state index in [-0.39, 0.29) is 11.8 Å². The lowest BCUT2D eigenvalue weighted by Crippen LogP contribution is -2.39. The van der Waals surface area contributed by atoms with Crippen LogP contribution in [0.5, 0.6) is 0 Å². The van der Waals surface area contributed by atoms with Crippen LogP contribution in [0.2, 0.25) is 0 Å². The highest BCUT2D eigenvalue weighted by Crippen LogP contribution is 2.35. The quantitative estimate of drug-likeness (QED) is 0.872. The first-order chi connectivity index (χ1) is 9.34. The Balaban J connectivity index is 1.65. The third kappa shape index (κ3) is 3.00. The molecule has 2 unspecified atom stereocenters. The summed E-state index contributed by atoms with van der Waals surface area (Å²) in [7, 11) is 0. The molecule has 2 N–H and O–H groups in total. The minimum Gasteiger partial charge on any atom is -0.353 e. The SMILES string of the molecule is O=C(NC1CCCNCC1)C1CCCc2sccc21. The smallest absolute Gasteiger partial charge is 0.227 e. The summed E-state index contributed by atoms with van der Waals surface area (Å²) in [5, 5.41) is 8.81. The van der Waals surface area contributed by atoms with Gasteiger partial charge in [-0.3, -0.25) is 4.79 Å². The number of fused-ring (bicyclic) bond motifs is 1. The number of rotatable bonds is 2. The van der Waals surface area contributed by atoms with Gasteiger partial charge in [-0.1, -0.05) is 0 Å². The van der Waals surface area contributed by atoms with Crippen molar-refractivity contribution in [1.82, 2.24) is 10.6 Å². The van der Waals surface area contributed by atoms with Crippen molar-refractivity contribution in [2.45, 2.75) is 50.5 Å².